The summed E-state index contributed by atoms with van der Waals surface area (Å²) < 4.78 is 1.08. The van der Waals surface area contributed by atoms with E-state index in [0.717, 1.165) is 38.6 Å². The van der Waals surface area contributed by atoms with Gasteiger partial charge < -0.3 is 0 Å². The molecule has 0 saturated carbocycles. The van der Waals surface area contributed by atoms with Gasteiger partial charge in [0.25, 0.3) is 0 Å². The molecule has 3 heterocycles. The topological polar surface area (TPSA) is 28.5 Å². The summed E-state index contributed by atoms with van der Waals surface area (Å²) in [5, 5.41) is 12.3. The Labute approximate surface area is 180 Å². The summed E-state index contributed by atoms with van der Waals surface area (Å²) in [5.74, 6) is 0. The monoisotopic (exact) mass is 465 g/mol. The van der Waals surface area contributed by atoms with Crippen LogP contribution in [0, 0.1) is 0 Å². The lowest BCUT2D eigenvalue weighted by Gasteiger charge is -2.19. The predicted molar refractivity (Wildman–Crippen MR) is 122 cm³/mol. The second-order valence-corrected chi connectivity index (χ2v) is 9.25. The minimum absolute atomic E-state index is 0.188. The molecule has 6 heteroatoms. The number of aromatic nitrogens is 1. The number of hydrogen-bond acceptors (Lipinski definition) is 5. The molecule has 0 radical (unpaired) electrons. The number of hydrazone groups is 1. The van der Waals surface area contributed by atoms with Gasteiger partial charge in [0.2, 0.25) is 5.13 Å². The third-order valence-corrected chi connectivity index (χ3v) is 7.05. The highest BCUT2D eigenvalue weighted by molar-refractivity contribution is 9.10. The SMILES string of the molecule is Brc1ccc(C2=NN(c3nc(-c4ccccc4)cs3)C(c3cccs3)C2)cc1. The fraction of sp³-hybridized carbons (Fsp3) is 0.0909. The van der Waals surface area contributed by atoms with Gasteiger partial charge in [-0.3, -0.25) is 0 Å². The summed E-state index contributed by atoms with van der Waals surface area (Å²) in [4.78, 5) is 6.21. The van der Waals surface area contributed by atoms with Gasteiger partial charge in [0, 0.05) is 26.7 Å². The summed E-state index contributed by atoms with van der Waals surface area (Å²) in [6, 6.07) is 23.2. The molecule has 2 aromatic carbocycles. The van der Waals surface area contributed by atoms with Crippen molar-refractivity contribution >= 4 is 49.4 Å². The van der Waals surface area contributed by atoms with E-state index in [9.17, 15) is 0 Å². The first-order chi connectivity index (χ1) is 13.8. The van der Waals surface area contributed by atoms with Gasteiger partial charge in [0.1, 0.15) is 0 Å². The van der Waals surface area contributed by atoms with Crippen molar-refractivity contribution in [3.8, 4) is 11.3 Å². The minimum Gasteiger partial charge on any atom is -0.230 e. The van der Waals surface area contributed by atoms with Gasteiger partial charge in [-0.2, -0.15) is 5.10 Å². The molecule has 0 aliphatic carbocycles. The van der Waals surface area contributed by atoms with Gasteiger partial charge in [-0.1, -0.05) is 64.5 Å². The number of thiophene rings is 1. The summed E-state index contributed by atoms with van der Waals surface area (Å²) in [6.45, 7) is 0. The number of benzene rings is 2. The molecule has 0 N–H and O–H groups in total. The fourth-order valence-corrected chi connectivity index (χ4v) is 5.23. The number of halogens is 1. The van der Waals surface area contributed by atoms with Crippen LogP contribution in [-0.2, 0) is 0 Å². The normalized spacial score (nSPS) is 16.4. The van der Waals surface area contributed by atoms with Crippen LogP contribution in [-0.4, -0.2) is 10.7 Å². The number of rotatable bonds is 4. The molecule has 28 heavy (non-hydrogen) atoms. The predicted octanol–water partition coefficient (Wildman–Crippen LogP) is 6.99. The molecule has 5 rings (SSSR count). The van der Waals surface area contributed by atoms with Gasteiger partial charge in [-0.05, 0) is 29.1 Å². The third kappa shape index (κ3) is 3.43. The van der Waals surface area contributed by atoms with Crippen molar-refractivity contribution in [3.63, 3.8) is 0 Å². The van der Waals surface area contributed by atoms with E-state index in [2.05, 4.69) is 80.2 Å². The molecule has 1 atom stereocenters. The number of anilines is 1. The van der Waals surface area contributed by atoms with Crippen molar-refractivity contribution in [2.45, 2.75) is 12.5 Å². The van der Waals surface area contributed by atoms with Crippen LogP contribution >= 0.6 is 38.6 Å². The van der Waals surface area contributed by atoms with E-state index in [1.54, 1.807) is 22.7 Å². The molecule has 0 bridgehead atoms. The van der Waals surface area contributed by atoms with Crippen LogP contribution in [0.2, 0.25) is 0 Å². The Hall–Kier alpha value is -2.28. The Balaban J connectivity index is 1.52. The van der Waals surface area contributed by atoms with E-state index in [1.807, 2.05) is 18.2 Å². The molecule has 1 aliphatic rings. The van der Waals surface area contributed by atoms with Crippen LogP contribution in [0.25, 0.3) is 11.3 Å². The van der Waals surface area contributed by atoms with E-state index in [4.69, 9.17) is 10.1 Å². The van der Waals surface area contributed by atoms with E-state index >= 15 is 0 Å². The molecular weight excluding hydrogens is 450 g/mol. The second kappa shape index (κ2) is 7.62. The van der Waals surface area contributed by atoms with Crippen LogP contribution in [0.3, 0.4) is 0 Å². The van der Waals surface area contributed by atoms with Gasteiger partial charge in [0.05, 0.1) is 17.4 Å². The molecule has 0 spiro atoms. The van der Waals surface area contributed by atoms with Crippen LogP contribution in [0.4, 0.5) is 5.13 Å². The lowest BCUT2D eigenvalue weighted by molar-refractivity contribution is 0.719. The summed E-state index contributed by atoms with van der Waals surface area (Å²) >= 11 is 6.94. The molecular formula is C22H16BrN3S2. The Morgan fingerprint density at radius 3 is 2.46 bits per heavy atom. The highest BCUT2D eigenvalue weighted by Gasteiger charge is 2.32. The first kappa shape index (κ1) is 17.8. The average Bonchev–Trinajstić information content (AvgIpc) is 3.48. The molecule has 1 aliphatic heterocycles. The lowest BCUT2D eigenvalue weighted by atomic mass is 10.0. The lowest BCUT2D eigenvalue weighted by Crippen LogP contribution is -2.17. The van der Waals surface area contributed by atoms with Crippen molar-refractivity contribution in [2.24, 2.45) is 5.10 Å². The maximum Gasteiger partial charge on any atom is 0.207 e. The van der Waals surface area contributed by atoms with Crippen molar-refractivity contribution in [1.29, 1.82) is 0 Å². The van der Waals surface area contributed by atoms with Gasteiger partial charge in [0.15, 0.2) is 0 Å². The maximum absolute atomic E-state index is 4.99. The highest BCUT2D eigenvalue weighted by Crippen LogP contribution is 2.40. The molecule has 2 aromatic heterocycles. The number of hydrogen-bond donors (Lipinski definition) is 0. The van der Waals surface area contributed by atoms with E-state index in [0.29, 0.717) is 0 Å². The van der Waals surface area contributed by atoms with E-state index in [-0.39, 0.29) is 6.04 Å². The van der Waals surface area contributed by atoms with Crippen LogP contribution in [0.5, 0.6) is 0 Å². The zero-order valence-electron chi connectivity index (χ0n) is 14.8. The molecule has 4 aromatic rings. The molecule has 138 valence electrons. The van der Waals surface area contributed by atoms with Crippen molar-refractivity contribution in [1.82, 2.24) is 4.98 Å². The molecule has 0 fully saturated rings. The zero-order chi connectivity index (χ0) is 18.9. The van der Waals surface area contributed by atoms with Crippen molar-refractivity contribution in [3.05, 3.63) is 92.4 Å². The second-order valence-electron chi connectivity index (χ2n) is 6.51. The first-order valence-corrected chi connectivity index (χ1v) is 11.5. The standard InChI is InChI=1S/C22H16BrN3S2/c23-17-10-8-16(9-11-17)18-13-20(21-7-4-12-27-21)26(25-18)22-24-19(14-28-22)15-5-2-1-3-6-15/h1-12,14,20H,13H2. The fourth-order valence-electron chi connectivity index (χ4n) is 3.32. The largest absolute Gasteiger partial charge is 0.230 e. The van der Waals surface area contributed by atoms with Crippen LogP contribution in [0.1, 0.15) is 22.9 Å². The summed E-state index contributed by atoms with van der Waals surface area (Å²) in [6.07, 6.45) is 0.877. The average molecular weight is 466 g/mol. The highest BCUT2D eigenvalue weighted by atomic mass is 79.9. The molecule has 0 saturated heterocycles. The van der Waals surface area contributed by atoms with E-state index < -0.39 is 0 Å². The Morgan fingerprint density at radius 2 is 1.71 bits per heavy atom. The number of thiazole rings is 1. The molecule has 3 nitrogen and oxygen atoms in total. The Bertz CT molecular complexity index is 1100. The minimum atomic E-state index is 0.188. The zero-order valence-corrected chi connectivity index (χ0v) is 18.0. The van der Waals surface area contributed by atoms with Gasteiger partial charge in [-0.15, -0.1) is 22.7 Å². The quantitative estimate of drug-likeness (QED) is 0.324. The number of nitrogens with zero attached hydrogens (tertiary/aromatic N) is 3. The smallest absolute Gasteiger partial charge is 0.207 e. The Morgan fingerprint density at radius 1 is 0.893 bits per heavy atom. The van der Waals surface area contributed by atoms with Crippen LogP contribution < -0.4 is 5.01 Å². The summed E-state index contributed by atoms with van der Waals surface area (Å²) in [7, 11) is 0. The van der Waals surface area contributed by atoms with Gasteiger partial charge in [-0.25, -0.2) is 9.99 Å². The Kier molecular flexibility index (Phi) is 4.84. The van der Waals surface area contributed by atoms with Crippen molar-refractivity contribution in [2.75, 3.05) is 5.01 Å². The van der Waals surface area contributed by atoms with E-state index in [1.165, 1.54) is 4.88 Å². The third-order valence-electron chi connectivity index (χ3n) is 4.72. The first-order valence-electron chi connectivity index (χ1n) is 8.95. The molecule has 1 unspecified atom stereocenters. The van der Waals surface area contributed by atoms with Crippen molar-refractivity contribution < 1.29 is 0 Å². The summed E-state index contributed by atoms with van der Waals surface area (Å²) in [5.41, 5.74) is 4.39. The van der Waals surface area contributed by atoms with Gasteiger partial charge >= 0.3 is 0 Å². The molecule has 0 amide bonds. The maximum atomic E-state index is 4.99. The van der Waals surface area contributed by atoms with Crippen LogP contribution in [0.15, 0.2) is 87.1 Å².